The molecular formula is C44H54N6O7. The fourth-order valence-electron chi connectivity index (χ4n) is 6.15. The van der Waals surface area contributed by atoms with E-state index >= 15 is 0 Å². The van der Waals surface area contributed by atoms with Crippen molar-refractivity contribution in [3.05, 3.63) is 138 Å². The van der Waals surface area contributed by atoms with E-state index in [2.05, 4.69) is 21.3 Å². The Kier molecular flexibility index (Phi) is 14.6. The Bertz CT molecular complexity index is 1870. The van der Waals surface area contributed by atoms with Crippen molar-refractivity contribution in [2.75, 3.05) is 0 Å². The van der Waals surface area contributed by atoms with Crippen LogP contribution >= 0.6 is 0 Å². The number of hydrogen-bond donors (Lipinski definition) is 6. The molecule has 13 nitrogen and oxygen atoms in total. The summed E-state index contributed by atoms with van der Waals surface area (Å²) in [5.41, 5.74) is 2.55. The van der Waals surface area contributed by atoms with Gasteiger partial charge in [0.25, 0.3) is 5.91 Å². The second kappa shape index (κ2) is 19.1. The summed E-state index contributed by atoms with van der Waals surface area (Å²) in [4.78, 5) is 67.5. The van der Waals surface area contributed by atoms with Gasteiger partial charge in [-0.2, -0.15) is 0 Å². The van der Waals surface area contributed by atoms with Gasteiger partial charge in [-0.3, -0.25) is 24.6 Å². The molecule has 4 aromatic rings. The van der Waals surface area contributed by atoms with E-state index in [1.807, 2.05) is 117 Å². The fraction of sp³-hybridized carbons (Fsp3) is 0.341. The van der Waals surface area contributed by atoms with Gasteiger partial charge in [-0.05, 0) is 82.9 Å². The smallest absolute Gasteiger partial charge is 0.408 e. The minimum atomic E-state index is -1.46. The largest absolute Gasteiger partial charge is 0.488 e. The van der Waals surface area contributed by atoms with Crippen LogP contribution in [0.2, 0.25) is 0 Å². The number of hydrazine groups is 1. The third-order valence-electron chi connectivity index (χ3n) is 8.66. The van der Waals surface area contributed by atoms with Gasteiger partial charge in [0.1, 0.15) is 40.6 Å². The number of carbonyl (C=O) groups is 5. The number of nitrogens with two attached hydrogens (primary N) is 1. The molecule has 0 radical (unpaired) electrons. The Balaban J connectivity index is 1.63. The first-order valence-corrected chi connectivity index (χ1v) is 18.8. The lowest BCUT2D eigenvalue weighted by Gasteiger charge is -2.37. The number of amides is 5. The van der Waals surface area contributed by atoms with Crippen LogP contribution in [0.15, 0.2) is 115 Å². The van der Waals surface area contributed by atoms with Gasteiger partial charge in [0, 0.05) is 6.42 Å². The van der Waals surface area contributed by atoms with Crippen molar-refractivity contribution in [3.8, 4) is 5.75 Å². The molecule has 0 aliphatic rings. The lowest BCUT2D eigenvalue weighted by atomic mass is 9.77. The Morgan fingerprint density at radius 1 is 0.596 bits per heavy atom. The number of nitrogens with one attached hydrogen (secondary N) is 5. The van der Waals surface area contributed by atoms with Crippen LogP contribution < -0.4 is 37.3 Å². The van der Waals surface area contributed by atoms with E-state index in [1.54, 1.807) is 45.0 Å². The molecule has 0 saturated heterocycles. The van der Waals surface area contributed by atoms with Gasteiger partial charge in [-0.25, -0.2) is 10.6 Å². The highest BCUT2D eigenvalue weighted by Gasteiger charge is 2.39. The second-order valence-corrected chi connectivity index (χ2v) is 15.7. The summed E-state index contributed by atoms with van der Waals surface area (Å²) in [7, 11) is 0. The van der Waals surface area contributed by atoms with Gasteiger partial charge in [0.05, 0.1) is 6.42 Å². The number of alkyl carbamates (subject to hydrolysis) is 1. The van der Waals surface area contributed by atoms with Gasteiger partial charge in [0.15, 0.2) is 0 Å². The Hall–Kier alpha value is -6.21. The molecule has 0 aromatic heterocycles. The summed E-state index contributed by atoms with van der Waals surface area (Å²) in [5, 5.41) is 11.0. The van der Waals surface area contributed by atoms with Gasteiger partial charge in [0.2, 0.25) is 17.7 Å². The Morgan fingerprint density at radius 2 is 1.07 bits per heavy atom. The third kappa shape index (κ3) is 12.7. The predicted molar refractivity (Wildman–Crippen MR) is 218 cm³/mol. The van der Waals surface area contributed by atoms with Crippen molar-refractivity contribution in [3.63, 3.8) is 0 Å². The second-order valence-electron chi connectivity index (χ2n) is 15.7. The molecule has 0 heterocycles. The minimum Gasteiger partial charge on any atom is -0.488 e. The lowest BCUT2D eigenvalue weighted by molar-refractivity contribution is -0.134. The summed E-state index contributed by atoms with van der Waals surface area (Å²) in [5.74, 6) is 3.31. The van der Waals surface area contributed by atoms with Crippen LogP contribution in [-0.4, -0.2) is 59.0 Å². The maximum atomic E-state index is 14.2. The molecule has 0 spiro atoms. The van der Waals surface area contributed by atoms with Crippen molar-refractivity contribution in [1.29, 1.82) is 0 Å². The standard InChI is InChI=1S/C44H54N6O7/c1-29(46-41(55)57-43(5,6)7)38(52)47-35(27-30-23-25-34(26-24-30)56-42(2,3)4)39(53)48-36(40(54)50-45)28-37(51)49-44(31-17-11-8-12-18-31,32-19-13-9-14-20-32)33-21-15-10-16-22-33/h8-26,29,35-36H,27-28,45H2,1-7H3,(H,46,55)(H,47,52)(H,48,53)(H,49,51)(H,50,54). The van der Waals surface area contributed by atoms with Gasteiger partial charge < -0.3 is 30.7 Å². The zero-order valence-corrected chi connectivity index (χ0v) is 33.6. The molecular weight excluding hydrogens is 725 g/mol. The van der Waals surface area contributed by atoms with Gasteiger partial charge >= 0.3 is 6.09 Å². The van der Waals surface area contributed by atoms with Crippen LogP contribution in [0.1, 0.15) is 77.1 Å². The molecule has 5 amide bonds. The minimum absolute atomic E-state index is 0.0190. The van der Waals surface area contributed by atoms with E-state index in [0.717, 1.165) is 16.7 Å². The first-order valence-electron chi connectivity index (χ1n) is 18.8. The molecule has 3 unspecified atom stereocenters. The SMILES string of the molecule is CC(NC(=O)OC(C)(C)C)C(=O)NC(Cc1ccc(OC(C)(C)C)cc1)C(=O)NC(CC(=O)NC(c1ccccc1)(c1ccccc1)c1ccccc1)C(=O)NN. The van der Waals surface area contributed by atoms with Crippen molar-refractivity contribution in [2.45, 2.75) is 96.2 Å². The molecule has 7 N–H and O–H groups in total. The van der Waals surface area contributed by atoms with E-state index in [9.17, 15) is 24.0 Å². The number of carbonyl (C=O) groups excluding carboxylic acids is 5. The van der Waals surface area contributed by atoms with E-state index < -0.39 is 71.0 Å². The number of rotatable bonds is 15. The molecule has 0 aliphatic carbocycles. The fourth-order valence-corrected chi connectivity index (χ4v) is 6.15. The van der Waals surface area contributed by atoms with Crippen molar-refractivity contribution in [1.82, 2.24) is 26.7 Å². The predicted octanol–water partition coefficient (Wildman–Crippen LogP) is 4.78. The monoisotopic (exact) mass is 778 g/mol. The molecule has 0 bridgehead atoms. The van der Waals surface area contributed by atoms with Crippen molar-refractivity contribution < 1.29 is 33.4 Å². The molecule has 0 fully saturated rings. The number of hydrogen-bond acceptors (Lipinski definition) is 8. The summed E-state index contributed by atoms with van der Waals surface area (Å²) < 4.78 is 11.2. The molecule has 3 atom stereocenters. The van der Waals surface area contributed by atoms with Crippen LogP contribution in [0.3, 0.4) is 0 Å². The average Bonchev–Trinajstić information content (AvgIpc) is 3.16. The summed E-state index contributed by atoms with van der Waals surface area (Å²) in [6, 6.07) is 31.5. The van der Waals surface area contributed by atoms with E-state index in [4.69, 9.17) is 15.3 Å². The highest BCUT2D eigenvalue weighted by molar-refractivity contribution is 5.95. The van der Waals surface area contributed by atoms with Crippen LogP contribution in [0.5, 0.6) is 5.75 Å². The van der Waals surface area contributed by atoms with Gasteiger partial charge in [-0.15, -0.1) is 0 Å². The third-order valence-corrected chi connectivity index (χ3v) is 8.66. The lowest BCUT2D eigenvalue weighted by Crippen LogP contribution is -2.58. The van der Waals surface area contributed by atoms with E-state index in [0.29, 0.717) is 11.3 Å². The Morgan fingerprint density at radius 3 is 1.51 bits per heavy atom. The zero-order valence-electron chi connectivity index (χ0n) is 33.6. The van der Waals surface area contributed by atoms with Crippen molar-refractivity contribution >= 4 is 29.7 Å². The van der Waals surface area contributed by atoms with E-state index in [-0.39, 0.29) is 6.42 Å². The molecule has 4 aromatic carbocycles. The summed E-state index contributed by atoms with van der Waals surface area (Å²) in [6.07, 6.45) is -1.35. The quantitative estimate of drug-likeness (QED) is 0.0430. The summed E-state index contributed by atoms with van der Waals surface area (Å²) >= 11 is 0. The first-order chi connectivity index (χ1) is 26.9. The maximum absolute atomic E-state index is 14.2. The molecule has 4 rings (SSSR count). The highest BCUT2D eigenvalue weighted by Crippen LogP contribution is 2.37. The Labute approximate surface area is 334 Å². The topological polar surface area (TPSA) is 190 Å². The van der Waals surface area contributed by atoms with Crippen LogP contribution in [-0.2, 0) is 35.9 Å². The van der Waals surface area contributed by atoms with Crippen LogP contribution in [0.4, 0.5) is 4.79 Å². The summed E-state index contributed by atoms with van der Waals surface area (Å²) in [6.45, 7) is 12.3. The highest BCUT2D eigenvalue weighted by atomic mass is 16.6. The average molecular weight is 779 g/mol. The van der Waals surface area contributed by atoms with Crippen molar-refractivity contribution in [2.24, 2.45) is 5.84 Å². The zero-order chi connectivity index (χ0) is 41.8. The maximum Gasteiger partial charge on any atom is 0.408 e. The number of benzene rings is 4. The van der Waals surface area contributed by atoms with E-state index in [1.165, 1.54) is 6.92 Å². The van der Waals surface area contributed by atoms with Crippen LogP contribution in [0, 0.1) is 0 Å². The van der Waals surface area contributed by atoms with Gasteiger partial charge in [-0.1, -0.05) is 103 Å². The first kappa shape index (κ1) is 43.5. The molecule has 57 heavy (non-hydrogen) atoms. The molecule has 0 saturated carbocycles. The molecule has 0 aliphatic heterocycles. The molecule has 13 heteroatoms. The normalized spacial score (nSPS) is 13.2. The van der Waals surface area contributed by atoms with Crippen LogP contribution in [0.25, 0.3) is 0 Å². The molecule has 302 valence electrons. The number of ether oxygens (including phenoxy) is 2.